The van der Waals surface area contributed by atoms with Crippen molar-refractivity contribution >= 4 is 16.8 Å². The summed E-state index contributed by atoms with van der Waals surface area (Å²) in [4.78, 5) is 20.6. The molecule has 1 amide bonds. The normalized spacial score (nSPS) is 20.5. The van der Waals surface area contributed by atoms with E-state index in [0.717, 1.165) is 58.6 Å². The first-order chi connectivity index (χ1) is 14.8. The second kappa shape index (κ2) is 7.01. The quantitative estimate of drug-likeness (QED) is 0.630. The van der Waals surface area contributed by atoms with Crippen LogP contribution in [-0.2, 0) is 0 Å². The molecule has 2 aliphatic heterocycles. The van der Waals surface area contributed by atoms with E-state index in [4.69, 9.17) is 14.5 Å². The molecule has 1 saturated carbocycles. The Morgan fingerprint density at radius 2 is 1.80 bits per heavy atom. The Morgan fingerprint density at radius 1 is 0.967 bits per heavy atom. The van der Waals surface area contributed by atoms with E-state index < -0.39 is 0 Å². The first-order valence-electron chi connectivity index (χ1n) is 10.9. The van der Waals surface area contributed by atoms with Crippen LogP contribution in [0.1, 0.15) is 59.3 Å². The molecule has 6 rings (SSSR count). The van der Waals surface area contributed by atoms with E-state index in [1.807, 2.05) is 47.4 Å². The predicted molar refractivity (Wildman–Crippen MR) is 114 cm³/mol. The van der Waals surface area contributed by atoms with Crippen LogP contribution in [0.15, 0.2) is 48.5 Å². The van der Waals surface area contributed by atoms with Gasteiger partial charge in [0.1, 0.15) is 13.2 Å². The van der Waals surface area contributed by atoms with E-state index in [1.54, 1.807) is 0 Å². The average Bonchev–Trinajstić information content (AvgIpc) is 3.54. The molecule has 3 aliphatic rings. The molecule has 1 aliphatic carbocycles. The summed E-state index contributed by atoms with van der Waals surface area (Å²) >= 11 is 0. The van der Waals surface area contributed by atoms with Crippen LogP contribution >= 0.6 is 0 Å². The van der Waals surface area contributed by atoms with Gasteiger partial charge in [-0.2, -0.15) is 0 Å². The summed E-state index contributed by atoms with van der Waals surface area (Å²) in [6, 6.07) is 16.2. The lowest BCUT2D eigenvalue weighted by molar-refractivity contribution is 0.0737. The second-order valence-corrected chi connectivity index (χ2v) is 8.45. The van der Waals surface area contributed by atoms with Gasteiger partial charge in [-0.1, -0.05) is 24.3 Å². The summed E-state index contributed by atoms with van der Waals surface area (Å²) in [5.74, 6) is 2.18. The van der Waals surface area contributed by atoms with E-state index >= 15 is 0 Å². The van der Waals surface area contributed by atoms with Gasteiger partial charge in [0.25, 0.3) is 5.91 Å². The number of hydrogen-bond donors (Lipinski definition) is 0. The Kier molecular flexibility index (Phi) is 4.15. The molecule has 3 heterocycles. The van der Waals surface area contributed by atoms with Gasteiger partial charge in [0.05, 0.1) is 17.1 Å². The zero-order valence-electron chi connectivity index (χ0n) is 16.8. The lowest BCUT2D eigenvalue weighted by Gasteiger charge is -2.27. The molecule has 5 heteroatoms. The zero-order valence-corrected chi connectivity index (χ0v) is 16.8. The number of likely N-dealkylation sites (tertiary alicyclic amines) is 1. The third kappa shape index (κ3) is 3.00. The molecular formula is C25H24N2O3. The van der Waals surface area contributed by atoms with Crippen molar-refractivity contribution in [3.8, 4) is 11.5 Å². The van der Waals surface area contributed by atoms with E-state index in [0.29, 0.717) is 19.1 Å². The highest BCUT2D eigenvalue weighted by molar-refractivity contribution is 6.06. The molecule has 2 fully saturated rings. The predicted octanol–water partition coefficient (Wildman–Crippen LogP) is 4.86. The third-order valence-electron chi connectivity index (χ3n) is 6.43. The molecular weight excluding hydrogens is 376 g/mol. The summed E-state index contributed by atoms with van der Waals surface area (Å²) in [7, 11) is 0. The molecule has 1 atom stereocenters. The van der Waals surface area contributed by atoms with Crippen molar-refractivity contribution in [3.63, 3.8) is 0 Å². The Labute approximate surface area is 175 Å². The van der Waals surface area contributed by atoms with Gasteiger partial charge in [-0.15, -0.1) is 0 Å². The maximum absolute atomic E-state index is 13.8. The number of fused-ring (bicyclic) bond motifs is 2. The molecule has 3 aromatic rings. The van der Waals surface area contributed by atoms with Crippen molar-refractivity contribution in [1.82, 2.24) is 9.88 Å². The maximum atomic E-state index is 13.8. The van der Waals surface area contributed by atoms with Crippen molar-refractivity contribution in [2.75, 3.05) is 19.8 Å². The lowest BCUT2D eigenvalue weighted by atomic mass is 10.0. The molecule has 30 heavy (non-hydrogen) atoms. The summed E-state index contributed by atoms with van der Waals surface area (Å²) < 4.78 is 11.4. The minimum Gasteiger partial charge on any atom is -0.486 e. The van der Waals surface area contributed by atoms with Gasteiger partial charge in [0.2, 0.25) is 0 Å². The number of rotatable bonds is 3. The number of ether oxygens (including phenoxy) is 2. The van der Waals surface area contributed by atoms with Crippen LogP contribution in [0.5, 0.6) is 11.5 Å². The van der Waals surface area contributed by atoms with Crippen LogP contribution < -0.4 is 9.47 Å². The van der Waals surface area contributed by atoms with Gasteiger partial charge in [0.15, 0.2) is 11.5 Å². The number of carbonyl (C=O) groups is 1. The standard InChI is InChI=1S/C25H24N2O3/c28-25(19-15-21(16-7-8-16)26-20-5-2-1-4-18(19)20)27-11-3-6-22(27)17-9-10-23-24(14-17)30-13-12-29-23/h1-2,4-5,9-10,14-16,22H,3,6-8,11-13H2. The smallest absolute Gasteiger partial charge is 0.255 e. The van der Waals surface area contributed by atoms with Crippen molar-refractivity contribution in [2.24, 2.45) is 0 Å². The van der Waals surface area contributed by atoms with E-state index in [9.17, 15) is 4.79 Å². The van der Waals surface area contributed by atoms with E-state index in [2.05, 4.69) is 6.07 Å². The third-order valence-corrected chi connectivity index (χ3v) is 6.43. The van der Waals surface area contributed by atoms with Gasteiger partial charge in [-0.3, -0.25) is 9.78 Å². The highest BCUT2D eigenvalue weighted by Gasteiger charge is 2.33. The van der Waals surface area contributed by atoms with Gasteiger partial charge in [-0.05, 0) is 55.5 Å². The Hall–Kier alpha value is -3.08. The van der Waals surface area contributed by atoms with Crippen LogP contribution in [0, 0.1) is 0 Å². The summed E-state index contributed by atoms with van der Waals surface area (Å²) in [5.41, 5.74) is 3.88. The van der Waals surface area contributed by atoms with Gasteiger partial charge in [-0.25, -0.2) is 0 Å². The minimum atomic E-state index is 0.0598. The first-order valence-corrected chi connectivity index (χ1v) is 10.9. The molecule has 1 saturated heterocycles. The topological polar surface area (TPSA) is 51.7 Å². The molecule has 5 nitrogen and oxygen atoms in total. The Balaban J connectivity index is 1.38. The maximum Gasteiger partial charge on any atom is 0.255 e. The first kappa shape index (κ1) is 17.8. The average molecular weight is 400 g/mol. The van der Waals surface area contributed by atoms with Crippen molar-refractivity contribution in [2.45, 2.75) is 37.6 Å². The van der Waals surface area contributed by atoms with Crippen molar-refractivity contribution in [1.29, 1.82) is 0 Å². The highest BCUT2D eigenvalue weighted by Crippen LogP contribution is 2.42. The summed E-state index contributed by atoms with van der Waals surface area (Å²) in [5, 5.41) is 0.944. The van der Waals surface area contributed by atoms with Crippen LogP contribution in [0.4, 0.5) is 0 Å². The molecule has 152 valence electrons. The molecule has 0 spiro atoms. The Bertz CT molecular complexity index is 1140. The van der Waals surface area contributed by atoms with Crippen LogP contribution in [0.2, 0.25) is 0 Å². The monoisotopic (exact) mass is 400 g/mol. The number of para-hydroxylation sites is 1. The van der Waals surface area contributed by atoms with Gasteiger partial charge in [0, 0.05) is 23.5 Å². The zero-order chi connectivity index (χ0) is 20.1. The van der Waals surface area contributed by atoms with Crippen LogP contribution in [0.3, 0.4) is 0 Å². The largest absolute Gasteiger partial charge is 0.486 e. The summed E-state index contributed by atoms with van der Waals surface area (Å²) in [6.07, 6.45) is 4.30. The minimum absolute atomic E-state index is 0.0598. The number of aromatic nitrogens is 1. The molecule has 1 unspecified atom stereocenters. The highest BCUT2D eigenvalue weighted by atomic mass is 16.6. The number of nitrogens with zero attached hydrogens (tertiary/aromatic N) is 2. The Morgan fingerprint density at radius 3 is 2.67 bits per heavy atom. The number of pyridine rings is 1. The fourth-order valence-electron chi connectivity index (χ4n) is 4.74. The second-order valence-electron chi connectivity index (χ2n) is 8.45. The summed E-state index contributed by atoms with van der Waals surface area (Å²) in [6.45, 7) is 1.92. The van der Waals surface area contributed by atoms with E-state index in [-0.39, 0.29) is 11.9 Å². The molecule has 0 radical (unpaired) electrons. The SMILES string of the molecule is O=C(c1cc(C2CC2)nc2ccccc12)N1CCCC1c1ccc2c(c1)OCCO2. The van der Waals surface area contributed by atoms with Crippen LogP contribution in [0.25, 0.3) is 10.9 Å². The fraction of sp³-hybridized carbons (Fsp3) is 0.360. The number of amides is 1. The molecule has 0 bridgehead atoms. The number of hydrogen-bond acceptors (Lipinski definition) is 4. The molecule has 2 aromatic carbocycles. The van der Waals surface area contributed by atoms with Crippen molar-refractivity contribution in [3.05, 3.63) is 65.4 Å². The van der Waals surface area contributed by atoms with E-state index in [1.165, 1.54) is 12.8 Å². The number of carbonyl (C=O) groups excluding carboxylic acids is 1. The van der Waals surface area contributed by atoms with Crippen LogP contribution in [-0.4, -0.2) is 35.5 Å². The van der Waals surface area contributed by atoms with Gasteiger partial charge < -0.3 is 14.4 Å². The molecule has 1 aromatic heterocycles. The molecule has 0 N–H and O–H groups in total. The number of benzene rings is 2. The fourth-order valence-corrected chi connectivity index (χ4v) is 4.74. The van der Waals surface area contributed by atoms with Gasteiger partial charge >= 0.3 is 0 Å². The van der Waals surface area contributed by atoms with Crippen molar-refractivity contribution < 1.29 is 14.3 Å². The lowest BCUT2D eigenvalue weighted by Crippen LogP contribution is -2.31.